The van der Waals surface area contributed by atoms with Crippen molar-refractivity contribution in [2.75, 3.05) is 6.61 Å². The quantitative estimate of drug-likeness (QED) is 0.812. The summed E-state index contributed by atoms with van der Waals surface area (Å²) in [4.78, 5) is 0. The van der Waals surface area contributed by atoms with Gasteiger partial charge < -0.3 is 10.5 Å². The lowest BCUT2D eigenvalue weighted by Gasteiger charge is -2.50. The van der Waals surface area contributed by atoms with E-state index in [1.165, 1.54) is 57.8 Å². The number of rotatable bonds is 2. The molecule has 3 aliphatic rings. The molecular formula is C19H35NO. The SMILES string of the molecule is CC(C)(C)C1CCC(C(N)C2CCOC3(CCC3)C2)CC1. The second kappa shape index (κ2) is 5.85. The Labute approximate surface area is 131 Å². The third-order valence-electron chi connectivity index (χ3n) is 6.88. The van der Waals surface area contributed by atoms with Gasteiger partial charge in [-0.15, -0.1) is 0 Å². The average Bonchev–Trinajstić information content (AvgIpc) is 2.44. The summed E-state index contributed by atoms with van der Waals surface area (Å²) in [5.41, 5.74) is 7.45. The van der Waals surface area contributed by atoms with E-state index in [1.807, 2.05) is 0 Å². The fraction of sp³-hybridized carbons (Fsp3) is 1.00. The number of hydrogen-bond acceptors (Lipinski definition) is 2. The fourth-order valence-corrected chi connectivity index (χ4v) is 5.07. The van der Waals surface area contributed by atoms with Crippen LogP contribution in [0.5, 0.6) is 0 Å². The van der Waals surface area contributed by atoms with Gasteiger partial charge in [-0.25, -0.2) is 0 Å². The zero-order valence-electron chi connectivity index (χ0n) is 14.4. The highest BCUT2D eigenvalue weighted by atomic mass is 16.5. The van der Waals surface area contributed by atoms with Crippen LogP contribution in [0.1, 0.15) is 78.6 Å². The summed E-state index contributed by atoms with van der Waals surface area (Å²) >= 11 is 0. The van der Waals surface area contributed by atoms with E-state index in [0.717, 1.165) is 24.4 Å². The molecule has 1 heterocycles. The van der Waals surface area contributed by atoms with Gasteiger partial charge >= 0.3 is 0 Å². The molecule has 2 atom stereocenters. The van der Waals surface area contributed by atoms with E-state index >= 15 is 0 Å². The number of hydrogen-bond donors (Lipinski definition) is 1. The van der Waals surface area contributed by atoms with Gasteiger partial charge in [0.15, 0.2) is 0 Å². The molecule has 2 heteroatoms. The van der Waals surface area contributed by atoms with Crippen LogP contribution in [0.15, 0.2) is 0 Å². The van der Waals surface area contributed by atoms with Crippen molar-refractivity contribution in [2.45, 2.75) is 90.2 Å². The maximum absolute atomic E-state index is 6.72. The normalized spacial score (nSPS) is 38.0. The van der Waals surface area contributed by atoms with E-state index < -0.39 is 0 Å². The molecule has 0 aromatic carbocycles. The highest BCUT2D eigenvalue weighted by Crippen LogP contribution is 2.47. The lowest BCUT2D eigenvalue weighted by Crippen LogP contribution is -2.51. The Morgan fingerprint density at radius 1 is 1.00 bits per heavy atom. The second-order valence-corrected chi connectivity index (χ2v) is 9.19. The van der Waals surface area contributed by atoms with E-state index in [-0.39, 0.29) is 5.60 Å². The van der Waals surface area contributed by atoms with E-state index in [0.29, 0.717) is 11.5 Å². The maximum Gasteiger partial charge on any atom is 0.0685 e. The van der Waals surface area contributed by atoms with Crippen molar-refractivity contribution >= 4 is 0 Å². The van der Waals surface area contributed by atoms with Crippen LogP contribution in [0.3, 0.4) is 0 Å². The molecule has 0 bridgehead atoms. The van der Waals surface area contributed by atoms with Crippen molar-refractivity contribution in [3.63, 3.8) is 0 Å². The van der Waals surface area contributed by atoms with Crippen molar-refractivity contribution in [3.05, 3.63) is 0 Å². The van der Waals surface area contributed by atoms with E-state index in [4.69, 9.17) is 10.5 Å². The average molecular weight is 293 g/mol. The first-order chi connectivity index (χ1) is 9.90. The van der Waals surface area contributed by atoms with Crippen molar-refractivity contribution in [2.24, 2.45) is 28.9 Å². The van der Waals surface area contributed by atoms with Gasteiger partial charge in [0, 0.05) is 12.6 Å². The van der Waals surface area contributed by atoms with E-state index in [2.05, 4.69) is 20.8 Å². The van der Waals surface area contributed by atoms with Crippen LogP contribution in [0.2, 0.25) is 0 Å². The first-order valence-electron chi connectivity index (χ1n) is 9.29. The topological polar surface area (TPSA) is 35.2 Å². The Morgan fingerprint density at radius 3 is 2.19 bits per heavy atom. The van der Waals surface area contributed by atoms with Crippen LogP contribution in [0.4, 0.5) is 0 Å². The fourth-order valence-electron chi connectivity index (χ4n) is 5.07. The van der Waals surface area contributed by atoms with Gasteiger partial charge in [-0.3, -0.25) is 0 Å². The molecule has 1 aliphatic heterocycles. The first kappa shape index (κ1) is 15.8. The van der Waals surface area contributed by atoms with Crippen LogP contribution in [-0.4, -0.2) is 18.2 Å². The molecule has 2 N–H and O–H groups in total. The van der Waals surface area contributed by atoms with Gasteiger partial charge in [0.2, 0.25) is 0 Å². The summed E-state index contributed by atoms with van der Waals surface area (Å²) in [6.07, 6.45) is 11.8. The van der Waals surface area contributed by atoms with Crippen LogP contribution in [-0.2, 0) is 4.74 Å². The predicted molar refractivity (Wildman–Crippen MR) is 88.1 cm³/mol. The van der Waals surface area contributed by atoms with Gasteiger partial charge in [0.25, 0.3) is 0 Å². The summed E-state index contributed by atoms with van der Waals surface area (Å²) in [5.74, 6) is 2.38. The minimum atomic E-state index is 0.253. The smallest absolute Gasteiger partial charge is 0.0685 e. The number of nitrogens with two attached hydrogens (primary N) is 1. The van der Waals surface area contributed by atoms with E-state index in [9.17, 15) is 0 Å². The molecule has 0 amide bonds. The van der Waals surface area contributed by atoms with E-state index in [1.54, 1.807) is 0 Å². The summed E-state index contributed by atoms with van der Waals surface area (Å²) in [6, 6.07) is 0.423. The Bertz CT molecular complexity index is 347. The Kier molecular flexibility index (Phi) is 4.40. The van der Waals surface area contributed by atoms with Crippen molar-refractivity contribution in [1.82, 2.24) is 0 Å². The molecule has 122 valence electrons. The zero-order valence-corrected chi connectivity index (χ0v) is 14.4. The Balaban J connectivity index is 1.53. The molecule has 0 aromatic rings. The van der Waals surface area contributed by atoms with Crippen molar-refractivity contribution in [1.29, 1.82) is 0 Å². The van der Waals surface area contributed by atoms with Crippen LogP contribution < -0.4 is 5.73 Å². The molecule has 2 saturated carbocycles. The molecule has 3 rings (SSSR count). The molecule has 21 heavy (non-hydrogen) atoms. The standard InChI is InChI=1S/C19H35NO/c1-18(2,3)16-7-5-14(6-8-16)17(20)15-9-12-21-19(13-15)10-4-11-19/h14-17H,4-13,20H2,1-3H3. The number of ether oxygens (including phenoxy) is 1. The predicted octanol–water partition coefficient (Wildman–Crippen LogP) is 4.52. The molecule has 2 nitrogen and oxygen atoms in total. The van der Waals surface area contributed by atoms with Crippen LogP contribution in [0, 0.1) is 23.2 Å². The summed E-state index contributed by atoms with van der Waals surface area (Å²) < 4.78 is 6.08. The summed E-state index contributed by atoms with van der Waals surface area (Å²) in [7, 11) is 0. The van der Waals surface area contributed by atoms with Gasteiger partial charge in [-0.2, -0.15) is 0 Å². The second-order valence-electron chi connectivity index (χ2n) is 9.19. The van der Waals surface area contributed by atoms with Crippen LogP contribution >= 0.6 is 0 Å². The van der Waals surface area contributed by atoms with Gasteiger partial charge in [-0.05, 0) is 81.0 Å². The lowest BCUT2D eigenvalue weighted by atomic mass is 9.64. The maximum atomic E-state index is 6.72. The molecule has 0 radical (unpaired) electrons. The van der Waals surface area contributed by atoms with Crippen molar-refractivity contribution in [3.8, 4) is 0 Å². The third-order valence-corrected chi connectivity index (χ3v) is 6.88. The van der Waals surface area contributed by atoms with Crippen LogP contribution in [0.25, 0.3) is 0 Å². The summed E-state index contributed by atoms with van der Waals surface area (Å²) in [6.45, 7) is 8.15. The highest BCUT2D eigenvalue weighted by Gasteiger charge is 2.45. The first-order valence-corrected chi connectivity index (χ1v) is 9.29. The summed E-state index contributed by atoms with van der Waals surface area (Å²) in [5, 5.41) is 0. The third kappa shape index (κ3) is 3.32. The largest absolute Gasteiger partial charge is 0.375 e. The highest BCUT2D eigenvalue weighted by molar-refractivity contribution is 4.98. The Morgan fingerprint density at radius 2 is 1.67 bits per heavy atom. The molecular weight excluding hydrogens is 258 g/mol. The van der Waals surface area contributed by atoms with Gasteiger partial charge in [0.1, 0.15) is 0 Å². The minimum absolute atomic E-state index is 0.253. The monoisotopic (exact) mass is 293 g/mol. The zero-order chi connectivity index (χ0) is 15.1. The Hall–Kier alpha value is -0.0800. The molecule has 3 fully saturated rings. The van der Waals surface area contributed by atoms with Gasteiger partial charge in [-0.1, -0.05) is 20.8 Å². The molecule has 1 spiro atoms. The van der Waals surface area contributed by atoms with Crippen molar-refractivity contribution < 1.29 is 4.74 Å². The lowest BCUT2D eigenvalue weighted by molar-refractivity contribution is -0.148. The molecule has 2 aliphatic carbocycles. The molecule has 1 saturated heterocycles. The van der Waals surface area contributed by atoms with Gasteiger partial charge in [0.05, 0.1) is 5.60 Å². The molecule has 0 aromatic heterocycles. The minimum Gasteiger partial charge on any atom is -0.375 e. The molecule has 2 unspecified atom stereocenters.